The second-order valence-corrected chi connectivity index (χ2v) is 7.43. The van der Waals surface area contributed by atoms with Crippen LogP contribution in [0.25, 0.3) is 51.8 Å². The highest BCUT2D eigenvalue weighted by atomic mass is 15.2. The molecule has 0 saturated carbocycles. The van der Waals surface area contributed by atoms with Crippen molar-refractivity contribution in [1.82, 2.24) is 34.9 Å². The Balaban J connectivity index is 1.55. The van der Waals surface area contributed by atoms with Crippen molar-refractivity contribution in [3.8, 4) is 22.6 Å². The number of aromatic nitrogens is 7. The molecule has 0 radical (unpaired) electrons. The standard InChI is InChI=1S/C24H21N7/c1-15(18-13-27-31(3)14-18)6-7-20-16(2)23(30-29-20)22-11-19-21(28-22)8-10-26-24(19)17-5-4-9-25-12-17/h4-14,28-29H,2H2,1,3H3/b15-6+,20-7+. The van der Waals surface area contributed by atoms with E-state index in [1.807, 2.05) is 56.0 Å². The lowest BCUT2D eigenvalue weighted by Gasteiger charge is -2.00. The number of hydrogen-bond acceptors (Lipinski definition) is 4. The van der Waals surface area contributed by atoms with Crippen molar-refractivity contribution in [1.29, 1.82) is 0 Å². The highest BCUT2D eigenvalue weighted by molar-refractivity contribution is 5.95. The lowest BCUT2D eigenvalue weighted by atomic mass is 10.1. The van der Waals surface area contributed by atoms with Crippen molar-refractivity contribution in [2.24, 2.45) is 7.05 Å². The highest BCUT2D eigenvalue weighted by Gasteiger charge is 2.12. The monoisotopic (exact) mass is 407 g/mol. The molecule has 0 aliphatic carbocycles. The Bertz CT molecular complexity index is 1520. The van der Waals surface area contributed by atoms with Gasteiger partial charge in [0.05, 0.1) is 22.9 Å². The summed E-state index contributed by atoms with van der Waals surface area (Å²) < 4.78 is 1.79. The van der Waals surface area contributed by atoms with Crippen LogP contribution in [0, 0.1) is 0 Å². The lowest BCUT2D eigenvalue weighted by Crippen LogP contribution is -2.21. The molecule has 0 aliphatic heterocycles. The van der Waals surface area contributed by atoms with Crippen LogP contribution >= 0.6 is 0 Å². The number of hydrogen-bond donors (Lipinski definition) is 2. The maximum absolute atomic E-state index is 4.57. The van der Waals surface area contributed by atoms with Crippen LogP contribution < -0.4 is 10.6 Å². The quantitative estimate of drug-likeness (QED) is 0.479. The van der Waals surface area contributed by atoms with Crippen LogP contribution in [0.1, 0.15) is 12.5 Å². The number of aromatic amines is 2. The molecule has 0 aliphatic rings. The minimum Gasteiger partial charge on any atom is -0.353 e. The van der Waals surface area contributed by atoms with Gasteiger partial charge in [-0.05, 0) is 42.8 Å². The molecule has 0 aromatic carbocycles. The summed E-state index contributed by atoms with van der Waals surface area (Å²) in [5.41, 5.74) is 6.71. The van der Waals surface area contributed by atoms with Gasteiger partial charge in [0.2, 0.25) is 0 Å². The summed E-state index contributed by atoms with van der Waals surface area (Å²) in [4.78, 5) is 12.2. The third-order valence-corrected chi connectivity index (χ3v) is 5.30. The van der Waals surface area contributed by atoms with Crippen molar-refractivity contribution in [2.75, 3.05) is 0 Å². The van der Waals surface area contributed by atoms with E-state index in [2.05, 4.69) is 49.8 Å². The van der Waals surface area contributed by atoms with Crippen molar-refractivity contribution in [3.63, 3.8) is 0 Å². The molecule has 0 fully saturated rings. The molecule has 5 aromatic rings. The number of H-pyrrole nitrogens is 2. The second-order valence-electron chi connectivity index (χ2n) is 7.43. The van der Waals surface area contributed by atoms with Crippen molar-refractivity contribution < 1.29 is 0 Å². The molecule has 5 rings (SSSR count). The van der Waals surface area contributed by atoms with Gasteiger partial charge in [-0.2, -0.15) is 10.2 Å². The zero-order valence-corrected chi connectivity index (χ0v) is 17.3. The Labute approximate surface area is 178 Å². The fourth-order valence-corrected chi connectivity index (χ4v) is 3.58. The molecular formula is C24H21N7. The fraction of sp³-hybridized carbons (Fsp3) is 0.0833. The molecule has 0 saturated heterocycles. The van der Waals surface area contributed by atoms with Gasteiger partial charge in [-0.3, -0.25) is 19.7 Å². The van der Waals surface area contributed by atoms with Gasteiger partial charge < -0.3 is 4.98 Å². The molecule has 7 nitrogen and oxygen atoms in total. The smallest absolute Gasteiger partial charge is 0.116 e. The average molecular weight is 407 g/mol. The molecule has 0 atom stereocenters. The van der Waals surface area contributed by atoms with Crippen LogP contribution in [0.2, 0.25) is 0 Å². The maximum Gasteiger partial charge on any atom is 0.116 e. The molecule has 0 spiro atoms. The Hall–Kier alpha value is -4.26. The van der Waals surface area contributed by atoms with E-state index < -0.39 is 0 Å². The molecule has 7 heteroatoms. The Morgan fingerprint density at radius 3 is 2.84 bits per heavy atom. The van der Waals surface area contributed by atoms with Crippen molar-refractivity contribution in [3.05, 3.63) is 77.5 Å². The summed E-state index contributed by atoms with van der Waals surface area (Å²) in [6.07, 6.45) is 13.2. The van der Waals surface area contributed by atoms with E-state index in [4.69, 9.17) is 0 Å². The van der Waals surface area contributed by atoms with E-state index in [9.17, 15) is 0 Å². The van der Waals surface area contributed by atoms with Gasteiger partial charge in [0.15, 0.2) is 0 Å². The van der Waals surface area contributed by atoms with E-state index in [1.54, 1.807) is 17.1 Å². The van der Waals surface area contributed by atoms with Crippen LogP contribution in [0.15, 0.2) is 61.3 Å². The minimum absolute atomic E-state index is 0.784. The predicted molar refractivity (Wildman–Crippen MR) is 123 cm³/mol. The van der Waals surface area contributed by atoms with E-state index in [1.165, 1.54) is 0 Å². The van der Waals surface area contributed by atoms with Gasteiger partial charge >= 0.3 is 0 Å². The Kier molecular flexibility index (Phi) is 4.55. The molecule has 0 amide bonds. The zero-order chi connectivity index (χ0) is 21.4. The molecule has 0 unspecified atom stereocenters. The number of pyridine rings is 2. The first-order valence-corrected chi connectivity index (χ1v) is 9.89. The third-order valence-electron chi connectivity index (χ3n) is 5.30. The van der Waals surface area contributed by atoms with Gasteiger partial charge in [0.1, 0.15) is 5.69 Å². The largest absolute Gasteiger partial charge is 0.353 e. The number of allylic oxidation sites excluding steroid dienone is 2. The Morgan fingerprint density at radius 2 is 2.06 bits per heavy atom. The summed E-state index contributed by atoms with van der Waals surface area (Å²) in [7, 11) is 1.91. The first kappa shape index (κ1) is 18.7. The van der Waals surface area contributed by atoms with Gasteiger partial charge in [-0.25, -0.2) is 0 Å². The SMILES string of the molecule is C=c1c(-c2cc3c(-c4cccnc4)nccc3[nH]2)n[nH]/c1=C/C=C(\C)c1cnn(C)c1. The molecule has 5 heterocycles. The highest BCUT2D eigenvalue weighted by Crippen LogP contribution is 2.28. The predicted octanol–water partition coefficient (Wildman–Crippen LogP) is 3.04. The number of fused-ring (bicyclic) bond motifs is 1. The minimum atomic E-state index is 0.784. The van der Waals surface area contributed by atoms with Crippen LogP contribution in [0.3, 0.4) is 0 Å². The van der Waals surface area contributed by atoms with E-state index in [0.29, 0.717) is 0 Å². The summed E-state index contributed by atoms with van der Waals surface area (Å²) in [5.74, 6) is 0. The van der Waals surface area contributed by atoms with Crippen molar-refractivity contribution in [2.45, 2.75) is 6.92 Å². The second kappa shape index (κ2) is 7.53. The van der Waals surface area contributed by atoms with Crippen molar-refractivity contribution >= 4 is 29.1 Å². The number of rotatable bonds is 4. The normalized spacial score (nSPS) is 12.7. The van der Waals surface area contributed by atoms with E-state index in [-0.39, 0.29) is 0 Å². The lowest BCUT2D eigenvalue weighted by molar-refractivity contribution is 0.767. The maximum atomic E-state index is 4.57. The number of nitrogens with one attached hydrogen (secondary N) is 2. The Morgan fingerprint density at radius 1 is 1.16 bits per heavy atom. The molecule has 5 aromatic heterocycles. The number of nitrogens with zero attached hydrogens (tertiary/aromatic N) is 5. The van der Waals surface area contributed by atoms with E-state index in [0.717, 1.165) is 55.3 Å². The zero-order valence-electron chi connectivity index (χ0n) is 17.3. The first-order valence-electron chi connectivity index (χ1n) is 9.89. The molecule has 2 N–H and O–H groups in total. The average Bonchev–Trinajstić information content (AvgIpc) is 3.50. The molecular weight excluding hydrogens is 386 g/mol. The third kappa shape index (κ3) is 3.46. The topological polar surface area (TPSA) is 88.1 Å². The van der Waals surface area contributed by atoms with Gasteiger partial charge in [-0.1, -0.05) is 12.7 Å². The summed E-state index contributed by atoms with van der Waals surface area (Å²) in [6.45, 7) is 6.30. The summed E-state index contributed by atoms with van der Waals surface area (Å²) >= 11 is 0. The van der Waals surface area contributed by atoms with Gasteiger partial charge in [-0.15, -0.1) is 0 Å². The van der Waals surface area contributed by atoms with Crippen LogP contribution in [-0.4, -0.2) is 34.9 Å². The fourth-order valence-electron chi connectivity index (χ4n) is 3.58. The van der Waals surface area contributed by atoms with Crippen LogP contribution in [0.4, 0.5) is 0 Å². The summed E-state index contributed by atoms with van der Waals surface area (Å²) in [5, 5.41) is 14.5. The van der Waals surface area contributed by atoms with Crippen LogP contribution in [0.5, 0.6) is 0 Å². The van der Waals surface area contributed by atoms with E-state index >= 15 is 0 Å². The molecule has 31 heavy (non-hydrogen) atoms. The van der Waals surface area contributed by atoms with Crippen LogP contribution in [-0.2, 0) is 7.05 Å². The number of aryl methyl sites for hydroxylation is 1. The first-order chi connectivity index (χ1) is 15.1. The summed E-state index contributed by atoms with van der Waals surface area (Å²) in [6, 6.07) is 7.94. The molecule has 0 bridgehead atoms. The molecule has 152 valence electrons. The van der Waals surface area contributed by atoms with Gasteiger partial charge in [0, 0.05) is 59.1 Å². The van der Waals surface area contributed by atoms with Gasteiger partial charge in [0.25, 0.3) is 0 Å².